The highest BCUT2D eigenvalue weighted by Gasteiger charge is 2.30. The number of carbonyl (C=O) groups is 1. The number of fused-ring (bicyclic) bond motifs is 1. The summed E-state index contributed by atoms with van der Waals surface area (Å²) in [5.74, 6) is 0.885. The van der Waals surface area contributed by atoms with E-state index in [9.17, 15) is 4.79 Å². The Bertz CT molecular complexity index is 1140. The zero-order chi connectivity index (χ0) is 22.9. The number of urea groups is 1. The molecule has 3 aromatic rings. The van der Waals surface area contributed by atoms with E-state index in [1.807, 2.05) is 44.2 Å². The van der Waals surface area contributed by atoms with Gasteiger partial charge >= 0.3 is 6.03 Å². The molecule has 0 unspecified atom stereocenters. The summed E-state index contributed by atoms with van der Waals surface area (Å²) >= 11 is 0. The number of benzene rings is 2. The van der Waals surface area contributed by atoms with Gasteiger partial charge in [0.25, 0.3) is 0 Å². The van der Waals surface area contributed by atoms with Gasteiger partial charge in [0.2, 0.25) is 0 Å². The second-order valence-electron chi connectivity index (χ2n) is 9.30. The Hall–Kier alpha value is -3.19. The van der Waals surface area contributed by atoms with Crippen LogP contribution in [0, 0.1) is 0 Å². The van der Waals surface area contributed by atoms with Crippen LogP contribution in [0.3, 0.4) is 0 Å². The van der Waals surface area contributed by atoms with Crippen molar-refractivity contribution in [3.05, 3.63) is 42.5 Å². The molecule has 7 heteroatoms. The first-order chi connectivity index (χ1) is 16.0. The molecule has 2 fully saturated rings. The number of nitrogens with zero attached hydrogens (tertiary/aromatic N) is 1. The van der Waals surface area contributed by atoms with Crippen LogP contribution in [0.25, 0.3) is 22.2 Å². The van der Waals surface area contributed by atoms with Gasteiger partial charge < -0.3 is 30.4 Å². The molecule has 174 valence electrons. The summed E-state index contributed by atoms with van der Waals surface area (Å²) in [7, 11) is 0. The Kier molecular flexibility index (Phi) is 5.89. The van der Waals surface area contributed by atoms with Crippen molar-refractivity contribution in [2.75, 3.05) is 24.3 Å². The average molecular weight is 449 g/mol. The van der Waals surface area contributed by atoms with Crippen LogP contribution < -0.4 is 21.1 Å². The monoisotopic (exact) mass is 448 g/mol. The van der Waals surface area contributed by atoms with E-state index in [2.05, 4.69) is 27.3 Å². The van der Waals surface area contributed by atoms with Crippen LogP contribution in [0.5, 0.6) is 5.75 Å². The first-order valence-corrected chi connectivity index (χ1v) is 11.9. The van der Waals surface area contributed by atoms with E-state index in [1.165, 1.54) is 0 Å². The minimum absolute atomic E-state index is 0.0821. The van der Waals surface area contributed by atoms with Crippen LogP contribution in [0.2, 0.25) is 0 Å². The second-order valence-corrected chi connectivity index (χ2v) is 9.30. The van der Waals surface area contributed by atoms with Gasteiger partial charge in [-0.25, -0.2) is 4.79 Å². The van der Waals surface area contributed by atoms with Gasteiger partial charge in [-0.2, -0.15) is 0 Å². The number of nitrogen functional groups attached to an aromatic ring is 1. The molecular formula is C26H32N4O3. The maximum absolute atomic E-state index is 12.0. The molecule has 1 aliphatic carbocycles. The highest BCUT2D eigenvalue weighted by atomic mass is 16.5. The Morgan fingerprint density at radius 1 is 1.09 bits per heavy atom. The number of nitrogens with two attached hydrogens (primary N) is 1. The minimum atomic E-state index is -0.207. The summed E-state index contributed by atoms with van der Waals surface area (Å²) in [6.07, 6.45) is 4.34. The number of hydrogen-bond acceptors (Lipinski definition) is 4. The number of amides is 2. The molecule has 2 aliphatic rings. The van der Waals surface area contributed by atoms with E-state index in [1.54, 1.807) is 0 Å². The third kappa shape index (κ3) is 4.64. The van der Waals surface area contributed by atoms with Gasteiger partial charge in [0.15, 0.2) is 0 Å². The maximum atomic E-state index is 12.0. The van der Waals surface area contributed by atoms with Crippen molar-refractivity contribution in [3.63, 3.8) is 0 Å². The van der Waals surface area contributed by atoms with E-state index in [0.717, 1.165) is 78.2 Å². The lowest BCUT2D eigenvalue weighted by Crippen LogP contribution is -2.34. The van der Waals surface area contributed by atoms with Crippen molar-refractivity contribution >= 4 is 28.3 Å². The van der Waals surface area contributed by atoms with E-state index >= 15 is 0 Å². The summed E-state index contributed by atoms with van der Waals surface area (Å²) in [5.41, 5.74) is 11.4. The van der Waals surface area contributed by atoms with Crippen LogP contribution in [0.15, 0.2) is 42.5 Å². The highest BCUT2D eigenvalue weighted by molar-refractivity contribution is 6.02. The Morgan fingerprint density at radius 3 is 2.48 bits per heavy atom. The van der Waals surface area contributed by atoms with Crippen LogP contribution in [0.1, 0.15) is 45.6 Å². The number of rotatable bonds is 6. The molecule has 2 aromatic carbocycles. The summed E-state index contributed by atoms with van der Waals surface area (Å²) in [6.45, 7) is 5.38. The standard InChI is InChI=1S/C26H32N4O3/c1-16(2)28-26(31)29-18-5-3-17(4-6-18)25-24(27)22-10-9-21(33-20-11-13-32-14-12-20)15-23(22)30(25)19-7-8-19/h3-6,9-10,15-16,19-20H,7-8,11-14,27H2,1-2H3,(H2,28,29,31). The normalized spacial score (nSPS) is 16.8. The lowest BCUT2D eigenvalue weighted by Gasteiger charge is -2.23. The van der Waals surface area contributed by atoms with Crippen molar-refractivity contribution < 1.29 is 14.3 Å². The van der Waals surface area contributed by atoms with Gasteiger partial charge in [0.05, 0.1) is 30.1 Å². The second kappa shape index (κ2) is 8.98. The van der Waals surface area contributed by atoms with Gasteiger partial charge in [-0.3, -0.25) is 0 Å². The molecule has 33 heavy (non-hydrogen) atoms. The van der Waals surface area contributed by atoms with Crippen molar-refractivity contribution in [2.45, 2.75) is 57.7 Å². The average Bonchev–Trinajstić information content (AvgIpc) is 3.59. The number of anilines is 2. The van der Waals surface area contributed by atoms with Gasteiger partial charge in [-0.05, 0) is 51.0 Å². The topological polar surface area (TPSA) is 90.5 Å². The third-order valence-electron chi connectivity index (χ3n) is 6.23. The number of carbonyl (C=O) groups excluding carboxylic acids is 1. The Morgan fingerprint density at radius 2 is 1.82 bits per heavy atom. The zero-order valence-corrected chi connectivity index (χ0v) is 19.3. The fraction of sp³-hybridized carbons (Fsp3) is 0.423. The number of ether oxygens (including phenoxy) is 2. The third-order valence-corrected chi connectivity index (χ3v) is 6.23. The molecular weight excluding hydrogens is 416 g/mol. The van der Waals surface area contributed by atoms with Gasteiger partial charge in [0.1, 0.15) is 11.9 Å². The molecule has 1 saturated heterocycles. The largest absolute Gasteiger partial charge is 0.490 e. The van der Waals surface area contributed by atoms with Crippen LogP contribution in [0.4, 0.5) is 16.2 Å². The summed E-state index contributed by atoms with van der Waals surface area (Å²) in [6, 6.07) is 14.4. The van der Waals surface area contributed by atoms with E-state index in [4.69, 9.17) is 15.2 Å². The minimum Gasteiger partial charge on any atom is -0.490 e. The first kappa shape index (κ1) is 21.6. The summed E-state index contributed by atoms with van der Waals surface area (Å²) in [5, 5.41) is 6.76. The van der Waals surface area contributed by atoms with Crippen molar-refractivity contribution in [2.24, 2.45) is 0 Å². The molecule has 1 aromatic heterocycles. The van der Waals surface area contributed by atoms with Crippen molar-refractivity contribution in [1.29, 1.82) is 0 Å². The highest BCUT2D eigenvalue weighted by Crippen LogP contribution is 2.47. The fourth-order valence-electron chi connectivity index (χ4n) is 4.52. The molecule has 2 amide bonds. The van der Waals surface area contributed by atoms with E-state index in [0.29, 0.717) is 6.04 Å². The Balaban J connectivity index is 1.45. The number of hydrogen-bond donors (Lipinski definition) is 3. The maximum Gasteiger partial charge on any atom is 0.319 e. The van der Waals surface area contributed by atoms with Gasteiger partial charge in [-0.1, -0.05) is 12.1 Å². The SMILES string of the molecule is CC(C)NC(=O)Nc1ccc(-c2c(N)c3ccc(OC4CCOCC4)cc3n2C2CC2)cc1. The van der Waals surface area contributed by atoms with E-state index < -0.39 is 0 Å². The van der Waals surface area contributed by atoms with Crippen LogP contribution >= 0.6 is 0 Å². The zero-order valence-electron chi connectivity index (χ0n) is 19.3. The number of nitrogens with one attached hydrogen (secondary N) is 2. The van der Waals surface area contributed by atoms with Crippen LogP contribution in [-0.2, 0) is 4.74 Å². The predicted octanol–water partition coefficient (Wildman–Crippen LogP) is 5.31. The van der Waals surface area contributed by atoms with Crippen molar-refractivity contribution in [1.82, 2.24) is 9.88 Å². The lowest BCUT2D eigenvalue weighted by atomic mass is 10.1. The summed E-state index contributed by atoms with van der Waals surface area (Å²) < 4.78 is 14.1. The molecule has 0 atom stereocenters. The van der Waals surface area contributed by atoms with Gasteiger partial charge in [-0.15, -0.1) is 0 Å². The molecule has 5 rings (SSSR count). The predicted molar refractivity (Wildman–Crippen MR) is 132 cm³/mol. The molecule has 0 bridgehead atoms. The molecule has 1 saturated carbocycles. The molecule has 7 nitrogen and oxygen atoms in total. The molecule has 1 aliphatic heterocycles. The summed E-state index contributed by atoms with van der Waals surface area (Å²) in [4.78, 5) is 12.0. The Labute approximate surface area is 194 Å². The smallest absolute Gasteiger partial charge is 0.319 e. The molecule has 2 heterocycles. The van der Waals surface area contributed by atoms with Crippen LogP contribution in [-0.4, -0.2) is 36.0 Å². The molecule has 0 spiro atoms. The van der Waals surface area contributed by atoms with E-state index in [-0.39, 0.29) is 18.2 Å². The number of aromatic nitrogens is 1. The van der Waals surface area contributed by atoms with Crippen molar-refractivity contribution in [3.8, 4) is 17.0 Å². The quantitative estimate of drug-likeness (QED) is 0.476. The fourth-order valence-corrected chi connectivity index (χ4v) is 4.52. The molecule has 4 N–H and O–H groups in total. The molecule has 0 radical (unpaired) electrons. The first-order valence-electron chi connectivity index (χ1n) is 11.9. The lowest BCUT2D eigenvalue weighted by molar-refractivity contribution is 0.0256. The van der Waals surface area contributed by atoms with Gasteiger partial charge in [0, 0.05) is 47.6 Å².